The van der Waals surface area contributed by atoms with Crippen LogP contribution in [0.3, 0.4) is 0 Å². The molecule has 3 rings (SSSR count). The highest BCUT2D eigenvalue weighted by Crippen LogP contribution is 2.28. The third kappa shape index (κ3) is 5.30. The van der Waals surface area contributed by atoms with Gasteiger partial charge in [0.2, 0.25) is 0 Å². The number of nitrogens with zero attached hydrogens (tertiary/aromatic N) is 1. The maximum atomic E-state index is 12.5. The predicted octanol–water partition coefficient (Wildman–Crippen LogP) is 5.41. The van der Waals surface area contributed by atoms with E-state index in [0.717, 1.165) is 6.07 Å². The monoisotopic (exact) mass is 459 g/mol. The van der Waals surface area contributed by atoms with E-state index in [9.17, 15) is 19.7 Å². The van der Waals surface area contributed by atoms with Crippen LogP contribution in [0.1, 0.15) is 20.7 Å². The number of nitrogens with one attached hydrogen (secondary N) is 2. The summed E-state index contributed by atoms with van der Waals surface area (Å²) in [5, 5.41) is 17.1. The Kier molecular flexibility index (Phi) is 6.74. The van der Waals surface area contributed by atoms with Gasteiger partial charge in [0, 0.05) is 28.0 Å². The SMILES string of the molecule is COc1ccc(C(=O)Nc2cccc(NC(=O)c3ccc(Cl)cc3Cl)c2)cc1[N+](=O)[O-]. The van der Waals surface area contributed by atoms with Crippen molar-refractivity contribution in [2.75, 3.05) is 17.7 Å². The number of rotatable bonds is 6. The summed E-state index contributed by atoms with van der Waals surface area (Å²) in [5.74, 6) is -0.960. The molecule has 2 amide bonds. The van der Waals surface area contributed by atoms with Crippen molar-refractivity contribution in [2.24, 2.45) is 0 Å². The maximum Gasteiger partial charge on any atom is 0.311 e. The van der Waals surface area contributed by atoms with Crippen molar-refractivity contribution in [3.05, 3.63) is 92.0 Å². The molecular weight excluding hydrogens is 445 g/mol. The van der Waals surface area contributed by atoms with Crippen molar-refractivity contribution < 1.29 is 19.2 Å². The zero-order valence-electron chi connectivity index (χ0n) is 16.0. The minimum absolute atomic E-state index is 0.0483. The van der Waals surface area contributed by atoms with Crippen LogP contribution in [0.4, 0.5) is 17.1 Å². The van der Waals surface area contributed by atoms with Crippen LogP contribution in [0, 0.1) is 10.1 Å². The van der Waals surface area contributed by atoms with Gasteiger partial charge in [0.1, 0.15) is 0 Å². The number of nitro groups is 1. The van der Waals surface area contributed by atoms with Gasteiger partial charge in [0.25, 0.3) is 11.8 Å². The molecule has 10 heteroatoms. The minimum Gasteiger partial charge on any atom is -0.490 e. The quantitative estimate of drug-likeness (QED) is 0.377. The fourth-order valence-corrected chi connectivity index (χ4v) is 3.22. The lowest BCUT2D eigenvalue weighted by Gasteiger charge is -2.10. The summed E-state index contributed by atoms with van der Waals surface area (Å²) in [4.78, 5) is 35.5. The Bertz CT molecular complexity index is 1180. The highest BCUT2D eigenvalue weighted by Gasteiger charge is 2.18. The third-order valence-corrected chi connectivity index (χ3v) is 4.74. The molecule has 0 radical (unpaired) electrons. The predicted molar refractivity (Wildman–Crippen MR) is 118 cm³/mol. The smallest absolute Gasteiger partial charge is 0.311 e. The second-order valence-electron chi connectivity index (χ2n) is 6.26. The fraction of sp³-hybridized carbons (Fsp3) is 0.0476. The number of hydrogen-bond donors (Lipinski definition) is 2. The highest BCUT2D eigenvalue weighted by molar-refractivity contribution is 6.37. The van der Waals surface area contributed by atoms with E-state index >= 15 is 0 Å². The average molecular weight is 460 g/mol. The van der Waals surface area contributed by atoms with Crippen molar-refractivity contribution in [3.63, 3.8) is 0 Å². The molecule has 31 heavy (non-hydrogen) atoms. The molecule has 0 aliphatic heterocycles. The van der Waals surface area contributed by atoms with Gasteiger partial charge in [-0.1, -0.05) is 29.3 Å². The molecule has 3 aromatic rings. The molecule has 0 heterocycles. The lowest BCUT2D eigenvalue weighted by Crippen LogP contribution is -2.14. The van der Waals surface area contributed by atoms with E-state index < -0.39 is 16.7 Å². The van der Waals surface area contributed by atoms with Crippen molar-refractivity contribution in [1.29, 1.82) is 0 Å². The van der Waals surface area contributed by atoms with Gasteiger partial charge in [0.05, 0.1) is 22.6 Å². The summed E-state index contributed by atoms with van der Waals surface area (Å²) >= 11 is 11.9. The molecule has 0 aliphatic carbocycles. The number of methoxy groups -OCH3 is 1. The summed E-state index contributed by atoms with van der Waals surface area (Å²) in [6.07, 6.45) is 0. The van der Waals surface area contributed by atoms with E-state index in [-0.39, 0.29) is 27.6 Å². The Morgan fingerprint density at radius 3 is 2.23 bits per heavy atom. The molecular formula is C21H15Cl2N3O5. The number of halogens is 2. The van der Waals surface area contributed by atoms with Gasteiger partial charge in [-0.25, -0.2) is 0 Å². The molecule has 158 valence electrons. The molecule has 0 saturated heterocycles. The molecule has 0 bridgehead atoms. The molecule has 0 unspecified atom stereocenters. The number of nitro benzene ring substituents is 1. The van der Waals surface area contributed by atoms with Gasteiger partial charge >= 0.3 is 5.69 Å². The van der Waals surface area contributed by atoms with Gasteiger partial charge in [-0.15, -0.1) is 0 Å². The first kappa shape index (κ1) is 22.1. The van der Waals surface area contributed by atoms with E-state index in [0.29, 0.717) is 16.4 Å². The van der Waals surface area contributed by atoms with Gasteiger partial charge in [-0.3, -0.25) is 19.7 Å². The number of carbonyl (C=O) groups excluding carboxylic acids is 2. The number of ether oxygens (including phenoxy) is 1. The second kappa shape index (κ2) is 9.46. The molecule has 0 aromatic heterocycles. The van der Waals surface area contributed by atoms with Crippen molar-refractivity contribution in [1.82, 2.24) is 0 Å². The summed E-state index contributed by atoms with van der Waals surface area (Å²) in [7, 11) is 1.30. The lowest BCUT2D eigenvalue weighted by atomic mass is 10.1. The van der Waals surface area contributed by atoms with Gasteiger partial charge < -0.3 is 15.4 Å². The number of benzene rings is 3. The lowest BCUT2D eigenvalue weighted by molar-refractivity contribution is -0.385. The van der Waals surface area contributed by atoms with Crippen molar-refractivity contribution in [2.45, 2.75) is 0 Å². The van der Waals surface area contributed by atoms with Gasteiger partial charge in [-0.2, -0.15) is 0 Å². The first-order valence-corrected chi connectivity index (χ1v) is 9.54. The fourth-order valence-electron chi connectivity index (χ4n) is 2.72. The Balaban J connectivity index is 1.76. The molecule has 0 aliphatic rings. The zero-order valence-corrected chi connectivity index (χ0v) is 17.5. The van der Waals surface area contributed by atoms with Crippen LogP contribution in [0.25, 0.3) is 0 Å². The van der Waals surface area contributed by atoms with Crippen LogP contribution >= 0.6 is 23.2 Å². The first-order chi connectivity index (χ1) is 14.8. The van der Waals surface area contributed by atoms with Crippen LogP contribution in [0.5, 0.6) is 5.75 Å². The van der Waals surface area contributed by atoms with Crippen LogP contribution in [0.2, 0.25) is 10.0 Å². The summed E-state index contributed by atoms with van der Waals surface area (Å²) in [6, 6.07) is 14.8. The average Bonchev–Trinajstić information content (AvgIpc) is 2.73. The number of amides is 2. The van der Waals surface area contributed by atoms with E-state index in [4.69, 9.17) is 27.9 Å². The molecule has 0 saturated carbocycles. The number of hydrogen-bond acceptors (Lipinski definition) is 5. The minimum atomic E-state index is -0.631. The van der Waals surface area contributed by atoms with E-state index in [1.807, 2.05) is 0 Å². The van der Waals surface area contributed by atoms with Crippen LogP contribution in [0.15, 0.2) is 60.7 Å². The first-order valence-electron chi connectivity index (χ1n) is 8.78. The summed E-state index contributed by atoms with van der Waals surface area (Å²) < 4.78 is 4.93. The molecule has 3 aromatic carbocycles. The number of carbonyl (C=O) groups is 2. The van der Waals surface area contributed by atoms with Crippen molar-refractivity contribution >= 4 is 52.1 Å². The van der Waals surface area contributed by atoms with Crippen LogP contribution in [-0.4, -0.2) is 23.8 Å². The normalized spacial score (nSPS) is 10.3. The highest BCUT2D eigenvalue weighted by atomic mass is 35.5. The summed E-state index contributed by atoms with van der Waals surface area (Å²) in [6.45, 7) is 0. The van der Waals surface area contributed by atoms with E-state index in [2.05, 4.69) is 10.6 Å². The molecule has 0 atom stereocenters. The molecule has 2 N–H and O–H groups in total. The Labute approximate surface area is 186 Å². The van der Waals surface area contributed by atoms with Crippen LogP contribution in [-0.2, 0) is 0 Å². The standard InChI is InChI=1S/C21H15Cl2N3O5/c1-31-19-8-5-12(9-18(19)26(29)30)20(27)24-14-3-2-4-15(11-14)25-21(28)16-7-6-13(22)10-17(16)23/h2-11H,1H3,(H,24,27)(H,25,28). The second-order valence-corrected chi connectivity index (χ2v) is 7.10. The Morgan fingerprint density at radius 1 is 0.935 bits per heavy atom. The topological polar surface area (TPSA) is 111 Å². The van der Waals surface area contributed by atoms with E-state index in [1.54, 1.807) is 24.3 Å². The maximum absolute atomic E-state index is 12.5. The van der Waals surface area contributed by atoms with Crippen LogP contribution < -0.4 is 15.4 Å². The summed E-state index contributed by atoms with van der Waals surface area (Å²) in [5.41, 5.74) is 0.787. The van der Waals surface area contributed by atoms with Gasteiger partial charge in [0.15, 0.2) is 5.75 Å². The van der Waals surface area contributed by atoms with E-state index in [1.165, 1.54) is 37.4 Å². The Hall–Kier alpha value is -3.62. The number of anilines is 2. The molecule has 0 spiro atoms. The molecule has 8 nitrogen and oxygen atoms in total. The Morgan fingerprint density at radius 2 is 1.61 bits per heavy atom. The zero-order chi connectivity index (χ0) is 22.5. The molecule has 0 fully saturated rings. The van der Waals surface area contributed by atoms with Crippen molar-refractivity contribution in [3.8, 4) is 5.75 Å². The largest absolute Gasteiger partial charge is 0.490 e. The third-order valence-electron chi connectivity index (χ3n) is 4.19. The van der Waals surface area contributed by atoms with Gasteiger partial charge in [-0.05, 0) is 48.5 Å².